The van der Waals surface area contributed by atoms with Crippen molar-refractivity contribution in [2.24, 2.45) is 11.1 Å². The standard InChI is InChI=1S/C10H12ClNO2/c1-10(2,3)5-4-6(13)8(12)7(11)9(5)14/h4H,12H2,1-3H3. The maximum absolute atomic E-state index is 11.6. The maximum Gasteiger partial charge on any atom is 0.203 e. The Morgan fingerprint density at radius 3 is 2.21 bits per heavy atom. The molecule has 0 aromatic heterocycles. The van der Waals surface area contributed by atoms with Crippen molar-refractivity contribution < 1.29 is 9.59 Å². The van der Waals surface area contributed by atoms with Gasteiger partial charge in [0, 0.05) is 5.57 Å². The van der Waals surface area contributed by atoms with E-state index in [0.717, 1.165) is 0 Å². The lowest BCUT2D eigenvalue weighted by atomic mass is 9.81. The highest BCUT2D eigenvalue weighted by atomic mass is 35.5. The second kappa shape index (κ2) is 3.24. The molecule has 0 amide bonds. The van der Waals surface area contributed by atoms with Gasteiger partial charge in [0.1, 0.15) is 10.7 Å². The van der Waals surface area contributed by atoms with E-state index in [9.17, 15) is 9.59 Å². The Labute approximate surface area is 87.6 Å². The zero-order chi connectivity index (χ0) is 11.1. The van der Waals surface area contributed by atoms with Crippen molar-refractivity contribution in [3.05, 3.63) is 22.4 Å². The average molecular weight is 214 g/mol. The lowest BCUT2D eigenvalue weighted by Crippen LogP contribution is -2.27. The van der Waals surface area contributed by atoms with Crippen LogP contribution in [0.5, 0.6) is 0 Å². The number of rotatable bonds is 0. The fraction of sp³-hybridized carbons (Fsp3) is 0.400. The molecular formula is C10H12ClNO2. The number of halogens is 1. The van der Waals surface area contributed by atoms with Crippen molar-refractivity contribution in [3.8, 4) is 0 Å². The molecule has 0 heterocycles. The van der Waals surface area contributed by atoms with E-state index >= 15 is 0 Å². The van der Waals surface area contributed by atoms with Crippen LogP contribution in [0, 0.1) is 5.41 Å². The number of allylic oxidation sites excluding steroid dienone is 3. The lowest BCUT2D eigenvalue weighted by Gasteiger charge is -2.24. The molecule has 0 spiro atoms. The van der Waals surface area contributed by atoms with Gasteiger partial charge >= 0.3 is 0 Å². The van der Waals surface area contributed by atoms with Crippen LogP contribution in [0.25, 0.3) is 0 Å². The summed E-state index contributed by atoms with van der Waals surface area (Å²) in [5, 5.41) is -0.164. The summed E-state index contributed by atoms with van der Waals surface area (Å²) in [6.07, 6.45) is 1.27. The summed E-state index contributed by atoms with van der Waals surface area (Å²) in [5.74, 6) is -0.740. The van der Waals surface area contributed by atoms with Gasteiger partial charge in [-0.15, -0.1) is 0 Å². The number of ketones is 2. The highest BCUT2D eigenvalue weighted by molar-refractivity contribution is 6.49. The maximum atomic E-state index is 11.6. The fourth-order valence-electron chi connectivity index (χ4n) is 1.18. The van der Waals surface area contributed by atoms with Gasteiger partial charge in [-0.05, 0) is 11.5 Å². The molecule has 0 aliphatic heterocycles. The molecule has 14 heavy (non-hydrogen) atoms. The van der Waals surface area contributed by atoms with E-state index in [1.165, 1.54) is 6.08 Å². The van der Waals surface area contributed by atoms with E-state index in [1.807, 2.05) is 20.8 Å². The molecule has 1 aliphatic carbocycles. The third kappa shape index (κ3) is 1.73. The third-order valence-electron chi connectivity index (χ3n) is 2.03. The van der Waals surface area contributed by atoms with Gasteiger partial charge in [-0.2, -0.15) is 0 Å². The minimum atomic E-state index is -0.395. The van der Waals surface area contributed by atoms with Gasteiger partial charge in [0.05, 0.1) is 0 Å². The number of carbonyl (C=O) groups is 2. The molecule has 1 rings (SSSR count). The van der Waals surface area contributed by atoms with Crippen molar-refractivity contribution in [1.82, 2.24) is 0 Å². The van der Waals surface area contributed by atoms with Crippen LogP contribution in [0.15, 0.2) is 22.4 Å². The number of Topliss-reactive ketones (excluding diaryl/α,β-unsaturated/α-hetero) is 1. The summed E-state index contributed by atoms with van der Waals surface area (Å²) in [4.78, 5) is 22.9. The lowest BCUT2D eigenvalue weighted by molar-refractivity contribution is -0.116. The Balaban J connectivity index is 3.24. The van der Waals surface area contributed by atoms with Crippen LogP contribution < -0.4 is 5.73 Å². The zero-order valence-corrected chi connectivity index (χ0v) is 9.11. The normalized spacial score (nSPS) is 18.7. The largest absolute Gasteiger partial charge is 0.394 e. The predicted octanol–water partition coefficient (Wildman–Crippen LogP) is 1.52. The van der Waals surface area contributed by atoms with E-state index in [1.54, 1.807) is 0 Å². The quantitative estimate of drug-likeness (QED) is 0.621. The van der Waals surface area contributed by atoms with Crippen LogP contribution in [0.3, 0.4) is 0 Å². The van der Waals surface area contributed by atoms with Crippen molar-refractivity contribution in [3.63, 3.8) is 0 Å². The summed E-state index contributed by atoms with van der Waals surface area (Å²) in [7, 11) is 0. The number of nitrogens with two attached hydrogens (primary N) is 1. The Morgan fingerprint density at radius 2 is 1.79 bits per heavy atom. The number of hydrogen-bond donors (Lipinski definition) is 1. The third-order valence-corrected chi connectivity index (χ3v) is 2.40. The zero-order valence-electron chi connectivity index (χ0n) is 8.35. The first kappa shape index (κ1) is 11.0. The van der Waals surface area contributed by atoms with Gasteiger partial charge in [0.2, 0.25) is 11.6 Å². The van der Waals surface area contributed by atoms with Crippen molar-refractivity contribution >= 4 is 23.2 Å². The SMILES string of the molecule is CC(C)(C)C1=CC(=O)C(N)=C(Cl)C1=O. The molecule has 0 saturated carbocycles. The topological polar surface area (TPSA) is 60.2 Å². The van der Waals surface area contributed by atoms with Crippen molar-refractivity contribution in [1.29, 1.82) is 0 Å². The molecule has 0 unspecified atom stereocenters. The van der Waals surface area contributed by atoms with Crippen LogP contribution in [0.2, 0.25) is 0 Å². The molecule has 2 N–H and O–H groups in total. The first-order chi connectivity index (χ1) is 6.25. The Bertz CT molecular complexity index is 372. The Kier molecular flexibility index (Phi) is 2.54. The molecule has 0 aromatic carbocycles. The monoisotopic (exact) mass is 213 g/mol. The molecule has 1 aliphatic rings. The highest BCUT2D eigenvalue weighted by Gasteiger charge is 2.32. The predicted molar refractivity (Wildman–Crippen MR) is 54.6 cm³/mol. The summed E-state index contributed by atoms with van der Waals surface area (Å²) in [6.45, 7) is 5.53. The second-order valence-electron chi connectivity index (χ2n) is 4.23. The molecular weight excluding hydrogens is 202 g/mol. The van der Waals surface area contributed by atoms with E-state index in [0.29, 0.717) is 5.57 Å². The molecule has 0 aromatic rings. The van der Waals surface area contributed by atoms with Crippen LogP contribution in [-0.2, 0) is 9.59 Å². The van der Waals surface area contributed by atoms with Crippen LogP contribution >= 0.6 is 11.6 Å². The summed E-state index contributed by atoms with van der Waals surface area (Å²) < 4.78 is 0. The van der Waals surface area contributed by atoms with Gasteiger partial charge in [-0.1, -0.05) is 32.4 Å². The molecule has 76 valence electrons. The highest BCUT2D eigenvalue weighted by Crippen LogP contribution is 2.32. The van der Waals surface area contributed by atoms with Gasteiger partial charge in [0.25, 0.3) is 0 Å². The number of hydrogen-bond acceptors (Lipinski definition) is 3. The van der Waals surface area contributed by atoms with Gasteiger partial charge in [-0.3, -0.25) is 9.59 Å². The fourth-order valence-corrected chi connectivity index (χ4v) is 1.38. The average Bonchev–Trinajstić information content (AvgIpc) is 2.06. The van der Waals surface area contributed by atoms with E-state index in [-0.39, 0.29) is 22.3 Å². The molecule has 0 saturated heterocycles. The Morgan fingerprint density at radius 1 is 1.29 bits per heavy atom. The minimum absolute atomic E-state index is 0.162. The van der Waals surface area contributed by atoms with Crippen LogP contribution in [-0.4, -0.2) is 11.6 Å². The molecule has 0 bridgehead atoms. The summed E-state index contributed by atoms with van der Waals surface area (Å²) >= 11 is 5.66. The first-order valence-electron chi connectivity index (χ1n) is 4.21. The smallest absolute Gasteiger partial charge is 0.203 e. The molecule has 4 heteroatoms. The van der Waals surface area contributed by atoms with E-state index in [4.69, 9.17) is 17.3 Å². The summed E-state index contributed by atoms with van der Waals surface area (Å²) in [6, 6.07) is 0. The molecule has 0 fully saturated rings. The molecule has 0 radical (unpaired) electrons. The van der Waals surface area contributed by atoms with Crippen LogP contribution in [0.1, 0.15) is 20.8 Å². The van der Waals surface area contributed by atoms with E-state index in [2.05, 4.69) is 0 Å². The minimum Gasteiger partial charge on any atom is -0.394 e. The molecule has 0 atom stereocenters. The van der Waals surface area contributed by atoms with Crippen LogP contribution in [0.4, 0.5) is 0 Å². The van der Waals surface area contributed by atoms with Gasteiger partial charge < -0.3 is 5.73 Å². The summed E-state index contributed by atoms with van der Waals surface area (Å²) in [5.41, 5.74) is 5.20. The van der Waals surface area contributed by atoms with Crippen molar-refractivity contribution in [2.45, 2.75) is 20.8 Å². The van der Waals surface area contributed by atoms with Gasteiger partial charge in [-0.25, -0.2) is 0 Å². The Hall–Kier alpha value is -1.09. The van der Waals surface area contributed by atoms with Crippen molar-refractivity contribution in [2.75, 3.05) is 0 Å². The number of carbonyl (C=O) groups excluding carboxylic acids is 2. The van der Waals surface area contributed by atoms with E-state index < -0.39 is 5.41 Å². The van der Waals surface area contributed by atoms with Gasteiger partial charge in [0.15, 0.2) is 0 Å². The second-order valence-corrected chi connectivity index (χ2v) is 4.61. The first-order valence-corrected chi connectivity index (χ1v) is 4.59. The molecule has 3 nitrogen and oxygen atoms in total.